The largest absolute Gasteiger partial charge is 0.294 e. The summed E-state index contributed by atoms with van der Waals surface area (Å²) in [4.78, 5) is 14.1. The Labute approximate surface area is 65.4 Å². The highest BCUT2D eigenvalue weighted by Gasteiger charge is 1.94. The van der Waals surface area contributed by atoms with Crippen molar-refractivity contribution in [1.82, 2.24) is 0 Å². The Morgan fingerprint density at radius 1 is 1.64 bits per heavy atom. The zero-order valence-electron chi connectivity index (χ0n) is 6.29. The molecule has 11 heavy (non-hydrogen) atoms. The van der Waals surface area contributed by atoms with Gasteiger partial charge < -0.3 is 0 Å². The molecular weight excluding hydrogens is 140 g/mol. The van der Waals surface area contributed by atoms with Crippen LogP contribution in [-0.4, -0.2) is 12.0 Å². The Morgan fingerprint density at radius 2 is 2.18 bits per heavy atom. The molecule has 0 atom stereocenters. The lowest BCUT2D eigenvalue weighted by molar-refractivity contribution is -0.113. The molecule has 0 aliphatic rings. The van der Waals surface area contributed by atoms with Crippen LogP contribution in [0.2, 0.25) is 0 Å². The predicted octanol–water partition coefficient (Wildman–Crippen LogP) is 1.24. The van der Waals surface area contributed by atoms with Gasteiger partial charge in [0.2, 0.25) is 0 Å². The molecule has 0 radical (unpaired) electrons. The smallest absolute Gasteiger partial charge is 0.160 e. The van der Waals surface area contributed by atoms with Crippen LogP contribution in [0.15, 0.2) is 29.4 Å². The van der Waals surface area contributed by atoms with Gasteiger partial charge in [-0.25, -0.2) is 4.99 Å². The van der Waals surface area contributed by atoms with Crippen LogP contribution < -0.4 is 0 Å². The molecule has 0 aliphatic carbocycles. The first-order valence-electron chi connectivity index (χ1n) is 2.91. The first kappa shape index (κ1) is 9.31. The molecule has 0 unspecified atom stereocenters. The Hall–Kier alpha value is -1.69. The van der Waals surface area contributed by atoms with E-state index < -0.39 is 0 Å². The van der Waals surface area contributed by atoms with E-state index in [1.807, 2.05) is 0 Å². The summed E-state index contributed by atoms with van der Waals surface area (Å²) < 4.78 is 0. The fourth-order valence-electron chi connectivity index (χ4n) is 0.276. The minimum atomic E-state index is -0.167. The fourth-order valence-corrected chi connectivity index (χ4v) is 0.276. The van der Waals surface area contributed by atoms with Crippen molar-refractivity contribution in [2.45, 2.75) is 6.92 Å². The van der Waals surface area contributed by atoms with Crippen LogP contribution in [0.25, 0.3) is 0 Å². The van der Waals surface area contributed by atoms with Gasteiger partial charge in [0, 0.05) is 11.8 Å². The maximum absolute atomic E-state index is 10.5. The topological polar surface area (TPSA) is 53.2 Å². The lowest BCUT2D eigenvalue weighted by Gasteiger charge is -1.88. The summed E-state index contributed by atoms with van der Waals surface area (Å²) in [6.07, 6.45) is 1.23. The number of Topliss-reactive ketones (excluding diaryl/α,β-unsaturated/α-hetero) is 1. The van der Waals surface area contributed by atoms with E-state index in [1.54, 1.807) is 6.07 Å². The summed E-state index contributed by atoms with van der Waals surface area (Å²) in [6, 6.07) is 1.71. The number of aliphatic imine (C=N–C) groups is 1. The highest BCUT2D eigenvalue weighted by molar-refractivity contribution is 6.11. The third-order valence-electron chi connectivity index (χ3n) is 0.957. The van der Waals surface area contributed by atoms with Crippen molar-refractivity contribution in [3.8, 4) is 6.07 Å². The zero-order chi connectivity index (χ0) is 8.85. The van der Waals surface area contributed by atoms with Crippen LogP contribution >= 0.6 is 0 Å². The summed E-state index contributed by atoms with van der Waals surface area (Å²) in [5.41, 5.74) is 0.328. The van der Waals surface area contributed by atoms with E-state index in [2.05, 4.69) is 18.2 Å². The van der Waals surface area contributed by atoms with Crippen molar-refractivity contribution < 1.29 is 4.79 Å². The molecule has 0 spiro atoms. The molecule has 0 aliphatic heterocycles. The molecule has 0 saturated heterocycles. The number of nitriles is 1. The molecule has 56 valence electrons. The summed E-state index contributed by atoms with van der Waals surface area (Å²) in [5, 5.41) is 8.21. The van der Waals surface area contributed by atoms with Crippen LogP contribution in [0.4, 0.5) is 0 Å². The second-order valence-electron chi connectivity index (χ2n) is 1.90. The normalized spacial score (nSPS) is 9.09. The Morgan fingerprint density at radius 3 is 2.55 bits per heavy atom. The molecule has 0 rings (SSSR count). The van der Waals surface area contributed by atoms with Gasteiger partial charge in [0.05, 0.1) is 0 Å². The van der Waals surface area contributed by atoms with Crippen LogP contribution in [-0.2, 0) is 4.79 Å². The van der Waals surface area contributed by atoms with Gasteiger partial charge >= 0.3 is 0 Å². The van der Waals surface area contributed by atoms with Gasteiger partial charge in [0.1, 0.15) is 11.8 Å². The molecule has 0 amide bonds. The van der Waals surface area contributed by atoms with Crippen LogP contribution in [0.5, 0.6) is 0 Å². The monoisotopic (exact) mass is 148 g/mol. The molecule has 0 saturated carbocycles. The zero-order valence-corrected chi connectivity index (χ0v) is 6.29. The average molecular weight is 148 g/mol. The van der Waals surface area contributed by atoms with Gasteiger partial charge in [-0.1, -0.05) is 13.2 Å². The summed E-state index contributed by atoms with van der Waals surface area (Å²) in [6.45, 7) is 8.08. The Bertz CT molecular complexity index is 268. The van der Waals surface area contributed by atoms with Crippen molar-refractivity contribution in [2.75, 3.05) is 0 Å². The first-order valence-corrected chi connectivity index (χ1v) is 2.91. The van der Waals surface area contributed by atoms with E-state index in [-0.39, 0.29) is 17.1 Å². The van der Waals surface area contributed by atoms with Gasteiger partial charge in [0.25, 0.3) is 0 Å². The van der Waals surface area contributed by atoms with Gasteiger partial charge in [0.15, 0.2) is 5.78 Å². The lowest BCUT2D eigenvalue weighted by atomic mass is 10.2. The highest BCUT2D eigenvalue weighted by atomic mass is 16.1. The van der Waals surface area contributed by atoms with Gasteiger partial charge in [-0.2, -0.15) is 5.26 Å². The van der Waals surface area contributed by atoms with Gasteiger partial charge in [-0.3, -0.25) is 4.79 Å². The van der Waals surface area contributed by atoms with Crippen LogP contribution in [0, 0.1) is 11.3 Å². The number of hydrogen-bond donors (Lipinski definition) is 0. The molecule has 0 fully saturated rings. The molecule has 0 bridgehead atoms. The van der Waals surface area contributed by atoms with E-state index in [0.29, 0.717) is 0 Å². The van der Waals surface area contributed by atoms with E-state index in [9.17, 15) is 4.79 Å². The number of carbonyl (C=O) groups excluding carboxylic acids is 1. The number of hydrogen-bond acceptors (Lipinski definition) is 3. The number of ketones is 1. The maximum atomic E-state index is 10.5. The van der Waals surface area contributed by atoms with Crippen molar-refractivity contribution in [2.24, 2.45) is 4.99 Å². The number of carbonyl (C=O) groups is 1. The molecular formula is C8H8N2O. The van der Waals surface area contributed by atoms with Crippen molar-refractivity contribution in [3.63, 3.8) is 0 Å². The van der Waals surface area contributed by atoms with E-state index in [0.717, 1.165) is 0 Å². The number of rotatable bonds is 3. The quantitative estimate of drug-likeness (QED) is 0.343. The molecule has 0 aromatic carbocycles. The second kappa shape index (κ2) is 4.18. The number of allylic oxidation sites excluding steroid dienone is 2. The highest BCUT2D eigenvalue weighted by Crippen LogP contribution is 1.91. The van der Waals surface area contributed by atoms with E-state index >= 15 is 0 Å². The maximum Gasteiger partial charge on any atom is 0.160 e. The molecule has 3 nitrogen and oxygen atoms in total. The average Bonchev–Trinajstić information content (AvgIpc) is 1.99. The Kier molecular flexibility index (Phi) is 3.54. The molecule has 0 aromatic heterocycles. The standard InChI is InChI=1S/C8H8N2O/c1-6(8(3)11)5-10-7(2)4-9/h5H,1-2H2,3H3. The molecule has 0 N–H and O–H groups in total. The summed E-state index contributed by atoms with van der Waals surface area (Å²) >= 11 is 0. The third kappa shape index (κ3) is 3.82. The van der Waals surface area contributed by atoms with Crippen molar-refractivity contribution in [1.29, 1.82) is 5.26 Å². The Balaban J connectivity index is 4.18. The van der Waals surface area contributed by atoms with E-state index in [1.165, 1.54) is 13.1 Å². The minimum absolute atomic E-state index is 0.0624. The van der Waals surface area contributed by atoms with Crippen molar-refractivity contribution >= 4 is 12.0 Å². The van der Waals surface area contributed by atoms with Crippen LogP contribution in [0.3, 0.4) is 0 Å². The van der Waals surface area contributed by atoms with Gasteiger partial charge in [-0.05, 0) is 6.92 Å². The predicted molar refractivity (Wildman–Crippen MR) is 43.1 cm³/mol. The van der Waals surface area contributed by atoms with Gasteiger partial charge in [-0.15, -0.1) is 0 Å². The number of nitrogens with zero attached hydrogens (tertiary/aromatic N) is 2. The molecule has 0 heterocycles. The first-order chi connectivity index (χ1) is 5.07. The third-order valence-corrected chi connectivity index (χ3v) is 0.957. The minimum Gasteiger partial charge on any atom is -0.294 e. The fraction of sp³-hybridized carbons (Fsp3) is 0.125. The van der Waals surface area contributed by atoms with Crippen LogP contribution in [0.1, 0.15) is 6.92 Å². The SMILES string of the molecule is C=C(C#N)N=CC(=C)C(C)=O. The summed E-state index contributed by atoms with van der Waals surface area (Å²) in [7, 11) is 0. The summed E-state index contributed by atoms with van der Waals surface area (Å²) in [5.74, 6) is -0.167. The lowest BCUT2D eigenvalue weighted by Crippen LogP contribution is -1.95. The van der Waals surface area contributed by atoms with E-state index in [4.69, 9.17) is 5.26 Å². The van der Waals surface area contributed by atoms with Crippen molar-refractivity contribution in [3.05, 3.63) is 24.4 Å². The molecule has 0 aromatic rings. The second-order valence-corrected chi connectivity index (χ2v) is 1.90. The molecule has 3 heteroatoms.